The first-order chi connectivity index (χ1) is 9.86. The van der Waals surface area contributed by atoms with Crippen molar-refractivity contribution in [3.05, 3.63) is 35.6 Å². The summed E-state index contributed by atoms with van der Waals surface area (Å²) in [7, 11) is 0. The fourth-order valence-corrected chi connectivity index (χ4v) is 2.14. The molecule has 0 bridgehead atoms. The van der Waals surface area contributed by atoms with Gasteiger partial charge in [-0.05, 0) is 44.0 Å². The van der Waals surface area contributed by atoms with Crippen LogP contribution in [-0.4, -0.2) is 17.6 Å². The molecular weight excluding hydrogens is 269 g/mol. The van der Waals surface area contributed by atoms with Crippen LogP contribution in [0.5, 0.6) is 0 Å². The van der Waals surface area contributed by atoms with Crippen molar-refractivity contribution in [1.29, 1.82) is 0 Å². The predicted molar refractivity (Wildman–Crippen MR) is 83.9 cm³/mol. The first-order valence-corrected chi connectivity index (χ1v) is 7.33. The Bertz CT molecular complexity index is 457. The summed E-state index contributed by atoms with van der Waals surface area (Å²) in [5, 5.41) is 15.2. The van der Waals surface area contributed by atoms with Gasteiger partial charge in [-0.3, -0.25) is 0 Å². The number of nitrogens with two attached hydrogens (primary N) is 1. The highest BCUT2D eigenvalue weighted by atomic mass is 19.1. The lowest BCUT2D eigenvalue weighted by atomic mass is 9.86. The first-order valence-electron chi connectivity index (χ1n) is 7.33. The molecule has 0 spiro atoms. The molecular formula is C16H26FN3O. The molecule has 21 heavy (non-hydrogen) atoms. The summed E-state index contributed by atoms with van der Waals surface area (Å²) in [4.78, 5) is 0. The van der Waals surface area contributed by atoms with Crippen molar-refractivity contribution < 1.29 is 9.60 Å². The number of rotatable bonds is 8. The number of nitrogens with zero attached hydrogens (tertiary/aromatic N) is 1. The van der Waals surface area contributed by atoms with Gasteiger partial charge in [0.05, 0.1) is 0 Å². The van der Waals surface area contributed by atoms with Gasteiger partial charge in [-0.15, -0.1) is 0 Å². The summed E-state index contributed by atoms with van der Waals surface area (Å²) in [5.74, 6) is 0.0615. The van der Waals surface area contributed by atoms with E-state index in [4.69, 9.17) is 10.9 Å². The molecule has 1 rings (SSSR count). The van der Waals surface area contributed by atoms with Crippen molar-refractivity contribution >= 4 is 5.84 Å². The average Bonchev–Trinajstić information content (AvgIpc) is 2.46. The molecule has 0 saturated heterocycles. The molecule has 1 atom stereocenters. The molecule has 1 aromatic rings. The summed E-state index contributed by atoms with van der Waals surface area (Å²) in [6.07, 6.45) is 2.87. The van der Waals surface area contributed by atoms with Gasteiger partial charge >= 0.3 is 0 Å². The molecule has 0 unspecified atom stereocenters. The van der Waals surface area contributed by atoms with Crippen LogP contribution in [0.15, 0.2) is 29.4 Å². The third kappa shape index (κ3) is 5.71. The van der Waals surface area contributed by atoms with Gasteiger partial charge in [-0.1, -0.05) is 37.6 Å². The predicted octanol–water partition coefficient (Wildman–Crippen LogP) is 3.42. The van der Waals surface area contributed by atoms with Crippen LogP contribution in [-0.2, 0) is 0 Å². The second kappa shape index (κ2) is 7.98. The highest BCUT2D eigenvalue weighted by Gasteiger charge is 2.22. The average molecular weight is 295 g/mol. The van der Waals surface area contributed by atoms with E-state index in [1.54, 1.807) is 12.1 Å². The Morgan fingerprint density at radius 3 is 2.52 bits per heavy atom. The second-order valence-corrected chi connectivity index (χ2v) is 6.05. The summed E-state index contributed by atoms with van der Waals surface area (Å²) in [6, 6.07) is 6.76. The topological polar surface area (TPSA) is 70.6 Å². The fraction of sp³-hybridized carbons (Fsp3) is 0.562. The summed E-state index contributed by atoms with van der Waals surface area (Å²) in [6.45, 7) is 6.88. The van der Waals surface area contributed by atoms with Crippen LogP contribution in [0.1, 0.15) is 51.6 Å². The second-order valence-electron chi connectivity index (χ2n) is 6.05. The lowest BCUT2D eigenvalue weighted by Crippen LogP contribution is -2.32. The van der Waals surface area contributed by atoms with Gasteiger partial charge < -0.3 is 16.3 Å². The Kier molecular flexibility index (Phi) is 6.62. The van der Waals surface area contributed by atoms with Crippen LogP contribution < -0.4 is 11.1 Å². The third-order valence-electron chi connectivity index (χ3n) is 3.85. The number of hydrogen-bond donors (Lipinski definition) is 3. The van der Waals surface area contributed by atoms with Gasteiger partial charge in [0.2, 0.25) is 0 Å². The van der Waals surface area contributed by atoms with Crippen LogP contribution >= 0.6 is 0 Å². The van der Waals surface area contributed by atoms with E-state index in [9.17, 15) is 4.39 Å². The van der Waals surface area contributed by atoms with Crippen LogP contribution in [0.3, 0.4) is 0 Å². The molecule has 4 N–H and O–H groups in total. The molecule has 0 heterocycles. The zero-order valence-electron chi connectivity index (χ0n) is 13.1. The standard InChI is InChI=1S/C16H26FN3O/c1-12(13-6-8-14(17)9-7-13)19-11-5-4-10-16(2,3)15(18)20-21/h6-9,12,19,21H,4-5,10-11H2,1-3H3,(H2,18,20)/t12-/m1/s1. The Hall–Kier alpha value is -1.62. The lowest BCUT2D eigenvalue weighted by molar-refractivity contribution is 0.304. The van der Waals surface area contributed by atoms with E-state index in [1.165, 1.54) is 12.1 Å². The van der Waals surface area contributed by atoms with Crippen molar-refractivity contribution in [1.82, 2.24) is 5.32 Å². The maximum absolute atomic E-state index is 12.9. The Balaban J connectivity index is 2.27. The van der Waals surface area contributed by atoms with Crippen molar-refractivity contribution in [3.8, 4) is 0 Å². The number of benzene rings is 1. The molecule has 5 heteroatoms. The quantitative estimate of drug-likeness (QED) is 0.226. The molecule has 4 nitrogen and oxygen atoms in total. The van der Waals surface area contributed by atoms with Crippen molar-refractivity contribution in [2.24, 2.45) is 16.3 Å². The largest absolute Gasteiger partial charge is 0.409 e. The highest BCUT2D eigenvalue weighted by molar-refractivity contribution is 5.85. The van der Waals surface area contributed by atoms with Gasteiger partial charge in [0.1, 0.15) is 11.7 Å². The molecule has 0 aliphatic rings. The van der Waals surface area contributed by atoms with E-state index in [0.29, 0.717) is 0 Å². The molecule has 0 fully saturated rings. The Morgan fingerprint density at radius 1 is 1.33 bits per heavy atom. The van der Waals surface area contributed by atoms with Gasteiger partial charge in [-0.2, -0.15) is 0 Å². The fourth-order valence-electron chi connectivity index (χ4n) is 2.14. The minimum atomic E-state index is -0.280. The number of amidine groups is 1. The maximum atomic E-state index is 12.9. The molecule has 0 saturated carbocycles. The Labute approximate surface area is 126 Å². The minimum absolute atomic E-state index is 0.197. The van der Waals surface area contributed by atoms with E-state index in [2.05, 4.69) is 17.4 Å². The third-order valence-corrected chi connectivity index (χ3v) is 3.85. The number of nitrogens with one attached hydrogen (secondary N) is 1. The van der Waals surface area contributed by atoms with Crippen LogP contribution in [0.2, 0.25) is 0 Å². The molecule has 118 valence electrons. The minimum Gasteiger partial charge on any atom is -0.409 e. The molecule has 0 aliphatic carbocycles. The van der Waals surface area contributed by atoms with Gasteiger partial charge in [0, 0.05) is 11.5 Å². The normalized spacial score (nSPS) is 14.2. The number of unbranched alkanes of at least 4 members (excludes halogenated alkanes) is 1. The van der Waals surface area contributed by atoms with E-state index < -0.39 is 0 Å². The SMILES string of the molecule is C[C@@H](NCCCCC(C)(C)/C(N)=N/O)c1ccc(F)cc1. The smallest absolute Gasteiger partial charge is 0.144 e. The highest BCUT2D eigenvalue weighted by Crippen LogP contribution is 2.23. The molecule has 0 aromatic heterocycles. The molecule has 0 aliphatic heterocycles. The summed E-state index contributed by atoms with van der Waals surface area (Å²) >= 11 is 0. The van der Waals surface area contributed by atoms with E-state index in [0.717, 1.165) is 31.4 Å². The summed E-state index contributed by atoms with van der Waals surface area (Å²) in [5.41, 5.74) is 6.45. The van der Waals surface area contributed by atoms with Crippen molar-refractivity contribution in [3.63, 3.8) is 0 Å². The molecule has 0 radical (unpaired) electrons. The van der Waals surface area contributed by atoms with Gasteiger partial charge in [-0.25, -0.2) is 4.39 Å². The van der Waals surface area contributed by atoms with E-state index >= 15 is 0 Å². The van der Waals surface area contributed by atoms with E-state index in [-0.39, 0.29) is 23.1 Å². The first kappa shape index (κ1) is 17.4. The Morgan fingerprint density at radius 2 is 1.95 bits per heavy atom. The number of hydrogen-bond acceptors (Lipinski definition) is 3. The summed E-state index contributed by atoms with van der Waals surface area (Å²) < 4.78 is 12.9. The number of halogens is 1. The zero-order chi connectivity index (χ0) is 15.9. The molecule has 0 amide bonds. The van der Waals surface area contributed by atoms with Crippen LogP contribution in [0.25, 0.3) is 0 Å². The van der Waals surface area contributed by atoms with Crippen molar-refractivity contribution in [2.45, 2.75) is 46.1 Å². The number of oxime groups is 1. The monoisotopic (exact) mass is 295 g/mol. The van der Waals surface area contributed by atoms with Crippen LogP contribution in [0.4, 0.5) is 4.39 Å². The van der Waals surface area contributed by atoms with Crippen LogP contribution in [0, 0.1) is 11.2 Å². The van der Waals surface area contributed by atoms with Gasteiger partial charge in [0.25, 0.3) is 0 Å². The maximum Gasteiger partial charge on any atom is 0.144 e. The van der Waals surface area contributed by atoms with E-state index in [1.807, 2.05) is 13.8 Å². The molecule has 1 aromatic carbocycles. The van der Waals surface area contributed by atoms with Crippen molar-refractivity contribution in [2.75, 3.05) is 6.54 Å². The van der Waals surface area contributed by atoms with Gasteiger partial charge in [0.15, 0.2) is 0 Å². The zero-order valence-corrected chi connectivity index (χ0v) is 13.1. The lowest BCUT2D eigenvalue weighted by Gasteiger charge is -2.22.